The molecule has 224 valence electrons. The minimum atomic E-state index is -1.40. The van der Waals surface area contributed by atoms with Crippen LogP contribution in [-0.2, 0) is 33.3 Å². The van der Waals surface area contributed by atoms with Gasteiger partial charge in [-0.2, -0.15) is 0 Å². The number of rotatable bonds is 1. The molecule has 0 aromatic carbocycles. The lowest BCUT2D eigenvalue weighted by Crippen LogP contribution is -2.82. The van der Waals surface area contributed by atoms with Crippen LogP contribution in [0.3, 0.4) is 0 Å². The van der Waals surface area contributed by atoms with Crippen LogP contribution in [0.4, 0.5) is 0 Å². The van der Waals surface area contributed by atoms with Crippen molar-refractivity contribution in [3.8, 4) is 0 Å². The maximum absolute atomic E-state index is 15.3. The molecule has 10 rings (SSSR count). The number of epoxide rings is 1. The van der Waals surface area contributed by atoms with Gasteiger partial charge in [-0.15, -0.1) is 0 Å². The fourth-order valence-electron chi connectivity index (χ4n) is 12.6. The molecule has 1 aromatic rings. The molecule has 2 bridgehead atoms. The van der Waals surface area contributed by atoms with Gasteiger partial charge in [0.15, 0.2) is 11.9 Å². The molecular formula is C33H38O9. The number of allylic oxidation sites excluding steroid dienone is 1. The predicted octanol–water partition coefficient (Wildman–Crippen LogP) is 3.98. The number of Topliss-reactive ketones (excluding diaryl/α,β-unsaturated/α-hetero) is 1. The molecule has 9 nitrogen and oxygen atoms in total. The second-order valence-corrected chi connectivity index (χ2v) is 15.1. The Hall–Kier alpha value is -2.49. The topological polar surface area (TPSA) is 125 Å². The molecule has 0 radical (unpaired) electrons. The molecule has 5 aliphatic carbocycles. The van der Waals surface area contributed by atoms with Gasteiger partial charge in [0.25, 0.3) is 0 Å². The van der Waals surface area contributed by atoms with Crippen LogP contribution < -0.4 is 0 Å². The van der Waals surface area contributed by atoms with Crippen LogP contribution in [0.1, 0.15) is 83.8 Å². The molecule has 0 amide bonds. The van der Waals surface area contributed by atoms with Crippen LogP contribution in [0, 0.1) is 33.0 Å². The van der Waals surface area contributed by atoms with E-state index in [1.54, 1.807) is 12.5 Å². The fraction of sp³-hybridized carbons (Fsp3) is 0.727. The highest BCUT2D eigenvalue weighted by atomic mass is 16.7. The van der Waals surface area contributed by atoms with Gasteiger partial charge < -0.3 is 28.5 Å². The number of carbonyl (C=O) groups is 3. The summed E-state index contributed by atoms with van der Waals surface area (Å²) in [6.45, 7) is 6.00. The van der Waals surface area contributed by atoms with Crippen molar-refractivity contribution in [1.29, 1.82) is 0 Å². The van der Waals surface area contributed by atoms with Crippen LogP contribution in [-0.4, -0.2) is 58.9 Å². The quantitative estimate of drug-likeness (QED) is 0.299. The van der Waals surface area contributed by atoms with E-state index in [0.717, 1.165) is 37.7 Å². The number of hydrogen-bond donors (Lipinski definition) is 1. The van der Waals surface area contributed by atoms with E-state index in [9.17, 15) is 14.7 Å². The van der Waals surface area contributed by atoms with Gasteiger partial charge in [0.05, 0.1) is 41.5 Å². The minimum absolute atomic E-state index is 0.0400. The molecular weight excluding hydrogens is 540 g/mol. The number of aliphatic hydroxyl groups excluding tert-OH is 1. The summed E-state index contributed by atoms with van der Waals surface area (Å²) in [6.07, 6.45) is 9.82. The summed E-state index contributed by atoms with van der Waals surface area (Å²) in [4.78, 5) is 41.9. The standard InChI is InChI=1S/C33H38O9/c1-27(2)31-13-12-29(9-5-4-6-10-29)32(23(36)22(31)35)19(30(31)17-39-21(34)15-20(30)41-27)7-11-28(3)24(18-8-14-38-16-18)40-26(37)25-33(28,32)42-25/h8,12-14,16,19-20,23-25,36H,4-7,9-11,15,17H2,1-3H3/t19-,20+,23-,24+,25-,28+,30+,31-,32+,33-/m1/s1. The minimum Gasteiger partial charge on any atom is -0.472 e. The monoisotopic (exact) mass is 578 g/mol. The summed E-state index contributed by atoms with van der Waals surface area (Å²) in [7, 11) is 0. The summed E-state index contributed by atoms with van der Waals surface area (Å²) >= 11 is 0. The lowest BCUT2D eigenvalue weighted by Gasteiger charge is -2.72. The highest BCUT2D eigenvalue weighted by molar-refractivity contribution is 5.98. The number of ether oxygens (including phenoxy) is 4. The van der Waals surface area contributed by atoms with E-state index >= 15 is 4.79 Å². The van der Waals surface area contributed by atoms with Crippen molar-refractivity contribution >= 4 is 17.7 Å². The van der Waals surface area contributed by atoms with E-state index in [4.69, 9.17) is 23.4 Å². The lowest BCUT2D eigenvalue weighted by atomic mass is 9.29. The van der Waals surface area contributed by atoms with E-state index in [1.807, 2.05) is 19.9 Å². The maximum Gasteiger partial charge on any atom is 0.339 e. The van der Waals surface area contributed by atoms with Gasteiger partial charge in [0.2, 0.25) is 0 Å². The van der Waals surface area contributed by atoms with Crippen molar-refractivity contribution in [2.75, 3.05) is 6.61 Å². The van der Waals surface area contributed by atoms with Crippen LogP contribution in [0.15, 0.2) is 35.2 Å². The largest absolute Gasteiger partial charge is 0.472 e. The summed E-state index contributed by atoms with van der Waals surface area (Å²) in [5.41, 5.74) is -6.02. The molecule has 4 aliphatic heterocycles. The second-order valence-electron chi connectivity index (χ2n) is 15.1. The van der Waals surface area contributed by atoms with Crippen molar-refractivity contribution in [1.82, 2.24) is 0 Å². The Morgan fingerprint density at radius 3 is 2.48 bits per heavy atom. The van der Waals surface area contributed by atoms with Crippen molar-refractivity contribution in [2.24, 2.45) is 33.0 Å². The number of aliphatic hydroxyl groups is 1. The number of fused-ring (bicyclic) bond motifs is 1. The zero-order chi connectivity index (χ0) is 29.1. The average molecular weight is 579 g/mol. The molecule has 9 aliphatic rings. The number of cyclic esters (lactones) is 2. The normalized spacial score (nSPS) is 52.3. The highest BCUT2D eigenvalue weighted by Gasteiger charge is 2.96. The molecule has 5 spiro atoms. The Balaban J connectivity index is 1.39. The number of hydrogen-bond acceptors (Lipinski definition) is 9. The van der Waals surface area contributed by atoms with Crippen molar-refractivity contribution in [3.63, 3.8) is 0 Å². The van der Waals surface area contributed by atoms with Crippen LogP contribution >= 0.6 is 0 Å². The summed E-state index contributed by atoms with van der Waals surface area (Å²) < 4.78 is 31.1. The third kappa shape index (κ3) is 2.27. The Morgan fingerprint density at radius 1 is 0.952 bits per heavy atom. The molecule has 10 atom stereocenters. The van der Waals surface area contributed by atoms with E-state index in [1.165, 1.54) is 0 Å². The molecule has 9 heteroatoms. The first-order valence-electron chi connectivity index (χ1n) is 15.7. The van der Waals surface area contributed by atoms with Crippen molar-refractivity contribution in [3.05, 3.63) is 36.3 Å². The number of esters is 2. The van der Waals surface area contributed by atoms with Crippen LogP contribution in [0.25, 0.3) is 0 Å². The Labute approximate surface area is 244 Å². The van der Waals surface area contributed by atoms with Crippen molar-refractivity contribution in [2.45, 2.75) is 108 Å². The predicted molar refractivity (Wildman–Crippen MR) is 143 cm³/mol. The van der Waals surface area contributed by atoms with Crippen molar-refractivity contribution < 1.29 is 42.9 Å². The Bertz CT molecular complexity index is 1460. The van der Waals surface area contributed by atoms with Crippen LogP contribution in [0.2, 0.25) is 0 Å². The molecule has 4 saturated heterocycles. The molecule has 1 aromatic heterocycles. The van der Waals surface area contributed by atoms with Gasteiger partial charge in [-0.05, 0) is 56.9 Å². The Kier molecular flexibility index (Phi) is 4.58. The molecule has 42 heavy (non-hydrogen) atoms. The zero-order valence-electron chi connectivity index (χ0n) is 24.4. The molecule has 1 N–H and O–H groups in total. The van der Waals surface area contributed by atoms with Gasteiger partial charge >= 0.3 is 11.9 Å². The Morgan fingerprint density at radius 2 is 1.74 bits per heavy atom. The summed E-state index contributed by atoms with van der Waals surface area (Å²) in [5, 5.41) is 12.9. The van der Waals surface area contributed by atoms with Crippen LogP contribution in [0.5, 0.6) is 0 Å². The molecule has 7 fully saturated rings. The first-order valence-corrected chi connectivity index (χ1v) is 15.7. The van der Waals surface area contributed by atoms with E-state index in [2.05, 4.69) is 19.1 Å². The number of carbonyl (C=O) groups excluding carboxylic acids is 3. The zero-order valence-corrected chi connectivity index (χ0v) is 24.4. The lowest BCUT2D eigenvalue weighted by molar-refractivity contribution is -0.292. The average Bonchev–Trinajstić information content (AvgIpc) is 3.47. The van der Waals surface area contributed by atoms with Gasteiger partial charge in [0.1, 0.15) is 24.4 Å². The highest BCUT2D eigenvalue weighted by Crippen LogP contribution is 2.87. The third-order valence-corrected chi connectivity index (χ3v) is 13.9. The molecule has 0 unspecified atom stereocenters. The first-order chi connectivity index (χ1) is 20.0. The van der Waals surface area contributed by atoms with Gasteiger partial charge in [-0.1, -0.05) is 38.3 Å². The first kappa shape index (κ1) is 26.0. The van der Waals surface area contributed by atoms with Gasteiger partial charge in [-0.3, -0.25) is 9.59 Å². The smallest absolute Gasteiger partial charge is 0.339 e. The molecule has 3 saturated carbocycles. The SMILES string of the molecule is CC1(C)O[C@H]2CC(=O)OC[C@]23[C@H]2CC[C@@]4(C)[C@H](c5ccoc5)OC(=O)[C@H]5O[C@]54[C@]24[C@H](O)C(=O)[C@]13C=CC41CCCCC1. The van der Waals surface area contributed by atoms with E-state index in [-0.39, 0.29) is 30.7 Å². The second kappa shape index (κ2) is 7.41. The van der Waals surface area contributed by atoms with E-state index in [0.29, 0.717) is 12.8 Å². The van der Waals surface area contributed by atoms with Gasteiger partial charge in [0, 0.05) is 16.4 Å². The van der Waals surface area contributed by atoms with Gasteiger partial charge in [-0.25, -0.2) is 4.79 Å². The number of furan rings is 1. The number of ketones is 1. The third-order valence-electron chi connectivity index (χ3n) is 13.9. The summed E-state index contributed by atoms with van der Waals surface area (Å²) in [5.74, 6) is -1.40. The van der Waals surface area contributed by atoms with E-state index < -0.39 is 68.7 Å². The summed E-state index contributed by atoms with van der Waals surface area (Å²) in [6, 6.07) is 1.82. The maximum atomic E-state index is 15.3. The molecule has 5 heterocycles. The fourth-order valence-corrected chi connectivity index (χ4v) is 12.6.